The summed E-state index contributed by atoms with van der Waals surface area (Å²) < 4.78 is 0. The molecule has 0 aliphatic carbocycles. The smallest absolute Gasteiger partial charge is 0.0253 e. The van der Waals surface area contributed by atoms with Crippen LogP contribution in [0.3, 0.4) is 0 Å². The van der Waals surface area contributed by atoms with Crippen molar-refractivity contribution in [2.24, 2.45) is 11.8 Å². The van der Waals surface area contributed by atoms with E-state index in [1.807, 2.05) is 13.8 Å². The highest BCUT2D eigenvalue weighted by atomic mass is 14.1. The van der Waals surface area contributed by atoms with Crippen LogP contribution >= 0.6 is 0 Å². The summed E-state index contributed by atoms with van der Waals surface area (Å²) in [6.07, 6.45) is 2.42. The summed E-state index contributed by atoms with van der Waals surface area (Å²) in [7, 11) is 0. The van der Waals surface area contributed by atoms with Gasteiger partial charge in [-0.25, -0.2) is 0 Å². The molecule has 0 N–H and O–H groups in total. The van der Waals surface area contributed by atoms with Crippen molar-refractivity contribution in [3.05, 3.63) is 35.4 Å². The van der Waals surface area contributed by atoms with Crippen LogP contribution < -0.4 is 0 Å². The first kappa shape index (κ1) is 15.2. The van der Waals surface area contributed by atoms with Crippen molar-refractivity contribution in [1.82, 2.24) is 0 Å². The standard InChI is InChI=1S/C14H22.C2H6/c1-11(2)9-13-7-5-6-8-14(13)10-12(3)4;1-2/h5-8,11-12H,9-10H2,1-4H3;1-2H3. The first-order chi connectivity index (χ1) is 7.59. The molecule has 16 heavy (non-hydrogen) atoms. The molecule has 0 saturated heterocycles. The lowest BCUT2D eigenvalue weighted by molar-refractivity contribution is 0.616. The third kappa shape index (κ3) is 5.95. The van der Waals surface area contributed by atoms with Crippen molar-refractivity contribution in [3.8, 4) is 0 Å². The van der Waals surface area contributed by atoms with E-state index in [9.17, 15) is 0 Å². The topological polar surface area (TPSA) is 0 Å². The van der Waals surface area contributed by atoms with Crippen molar-refractivity contribution in [2.45, 2.75) is 54.4 Å². The second-order valence-corrected chi connectivity index (χ2v) is 4.96. The minimum atomic E-state index is 0.753. The summed E-state index contributed by atoms with van der Waals surface area (Å²) in [5, 5.41) is 0. The minimum absolute atomic E-state index is 0.753. The lowest BCUT2D eigenvalue weighted by Gasteiger charge is -2.13. The SMILES string of the molecule is CC.CC(C)Cc1ccccc1CC(C)C. The maximum absolute atomic E-state index is 2.28. The Morgan fingerprint density at radius 2 is 1.06 bits per heavy atom. The number of hydrogen-bond donors (Lipinski definition) is 0. The zero-order chi connectivity index (χ0) is 12.6. The maximum Gasteiger partial charge on any atom is -0.0253 e. The van der Waals surface area contributed by atoms with Crippen molar-refractivity contribution in [3.63, 3.8) is 0 Å². The van der Waals surface area contributed by atoms with Gasteiger partial charge in [-0.05, 0) is 35.8 Å². The molecule has 0 heteroatoms. The predicted octanol–water partition coefficient (Wildman–Crippen LogP) is 5.11. The Morgan fingerprint density at radius 1 is 0.750 bits per heavy atom. The predicted molar refractivity (Wildman–Crippen MR) is 74.9 cm³/mol. The van der Waals surface area contributed by atoms with Gasteiger partial charge in [0.25, 0.3) is 0 Å². The largest absolute Gasteiger partial charge is 0.0683 e. The molecule has 1 rings (SSSR count). The summed E-state index contributed by atoms with van der Waals surface area (Å²) in [5.74, 6) is 1.51. The number of benzene rings is 1. The fourth-order valence-electron chi connectivity index (χ4n) is 1.84. The average molecular weight is 220 g/mol. The summed E-state index contributed by atoms with van der Waals surface area (Å²) in [4.78, 5) is 0. The summed E-state index contributed by atoms with van der Waals surface area (Å²) in [6.45, 7) is 13.1. The molecule has 1 aromatic rings. The van der Waals surface area contributed by atoms with Crippen molar-refractivity contribution in [1.29, 1.82) is 0 Å². The van der Waals surface area contributed by atoms with Gasteiger partial charge < -0.3 is 0 Å². The van der Waals surface area contributed by atoms with Crippen LogP contribution in [-0.2, 0) is 12.8 Å². The van der Waals surface area contributed by atoms with Gasteiger partial charge in [0.1, 0.15) is 0 Å². The Labute approximate surface area is 102 Å². The molecule has 0 radical (unpaired) electrons. The van der Waals surface area contributed by atoms with Gasteiger partial charge >= 0.3 is 0 Å². The fraction of sp³-hybridized carbons (Fsp3) is 0.625. The van der Waals surface area contributed by atoms with Gasteiger partial charge in [0.15, 0.2) is 0 Å². The first-order valence-electron chi connectivity index (χ1n) is 6.66. The second-order valence-electron chi connectivity index (χ2n) is 4.96. The highest BCUT2D eigenvalue weighted by Crippen LogP contribution is 2.17. The van der Waals surface area contributed by atoms with Crippen LogP contribution in [0.1, 0.15) is 52.7 Å². The van der Waals surface area contributed by atoms with Crippen LogP contribution in [0.2, 0.25) is 0 Å². The van der Waals surface area contributed by atoms with Crippen molar-refractivity contribution >= 4 is 0 Å². The third-order valence-corrected chi connectivity index (χ3v) is 2.37. The van der Waals surface area contributed by atoms with Crippen LogP contribution in [0.15, 0.2) is 24.3 Å². The van der Waals surface area contributed by atoms with E-state index < -0.39 is 0 Å². The molecule has 0 aliphatic heterocycles. The van der Waals surface area contributed by atoms with Gasteiger partial charge in [-0.1, -0.05) is 65.8 Å². The third-order valence-electron chi connectivity index (χ3n) is 2.37. The Bertz CT molecular complexity index is 242. The van der Waals surface area contributed by atoms with Crippen LogP contribution in [-0.4, -0.2) is 0 Å². The molecule has 0 spiro atoms. The summed E-state index contributed by atoms with van der Waals surface area (Å²) in [5.41, 5.74) is 3.08. The first-order valence-corrected chi connectivity index (χ1v) is 6.66. The molecule has 92 valence electrons. The van der Waals surface area contributed by atoms with Gasteiger partial charge in [-0.3, -0.25) is 0 Å². The molecular formula is C16H28. The Morgan fingerprint density at radius 3 is 1.31 bits per heavy atom. The molecule has 1 aromatic carbocycles. The highest BCUT2D eigenvalue weighted by Gasteiger charge is 2.05. The number of rotatable bonds is 4. The molecule has 0 amide bonds. The van der Waals surface area contributed by atoms with Crippen molar-refractivity contribution < 1.29 is 0 Å². The Kier molecular flexibility index (Phi) is 7.97. The second kappa shape index (κ2) is 8.38. The Balaban J connectivity index is 0.00000106. The Hall–Kier alpha value is -0.780. The number of hydrogen-bond acceptors (Lipinski definition) is 0. The lowest BCUT2D eigenvalue weighted by Crippen LogP contribution is -2.02. The van der Waals surface area contributed by atoms with Crippen LogP contribution in [0, 0.1) is 11.8 Å². The maximum atomic E-state index is 2.28. The van der Waals surface area contributed by atoms with Crippen LogP contribution in [0.25, 0.3) is 0 Å². The minimum Gasteiger partial charge on any atom is -0.0683 e. The molecule has 0 bridgehead atoms. The molecule has 0 atom stereocenters. The van der Waals surface area contributed by atoms with E-state index in [2.05, 4.69) is 52.0 Å². The zero-order valence-corrected chi connectivity index (χ0v) is 11.9. The monoisotopic (exact) mass is 220 g/mol. The van der Waals surface area contributed by atoms with Gasteiger partial charge in [-0.15, -0.1) is 0 Å². The highest BCUT2D eigenvalue weighted by molar-refractivity contribution is 5.27. The van der Waals surface area contributed by atoms with E-state index in [0.717, 1.165) is 11.8 Å². The van der Waals surface area contributed by atoms with E-state index in [0.29, 0.717) is 0 Å². The van der Waals surface area contributed by atoms with Gasteiger partial charge in [-0.2, -0.15) is 0 Å². The molecule has 0 nitrogen and oxygen atoms in total. The molecular weight excluding hydrogens is 192 g/mol. The zero-order valence-electron chi connectivity index (χ0n) is 11.9. The van der Waals surface area contributed by atoms with E-state index in [4.69, 9.17) is 0 Å². The van der Waals surface area contributed by atoms with E-state index in [1.54, 1.807) is 0 Å². The van der Waals surface area contributed by atoms with Crippen LogP contribution in [0.4, 0.5) is 0 Å². The summed E-state index contributed by atoms with van der Waals surface area (Å²) >= 11 is 0. The van der Waals surface area contributed by atoms with E-state index >= 15 is 0 Å². The van der Waals surface area contributed by atoms with E-state index in [1.165, 1.54) is 24.0 Å². The van der Waals surface area contributed by atoms with Crippen molar-refractivity contribution in [2.75, 3.05) is 0 Å². The quantitative estimate of drug-likeness (QED) is 0.661. The van der Waals surface area contributed by atoms with Gasteiger partial charge in [0, 0.05) is 0 Å². The normalized spacial score (nSPS) is 10.2. The average Bonchev–Trinajstić information content (AvgIpc) is 2.22. The van der Waals surface area contributed by atoms with Crippen LogP contribution in [0.5, 0.6) is 0 Å². The molecule has 0 fully saturated rings. The fourth-order valence-corrected chi connectivity index (χ4v) is 1.84. The molecule has 0 unspecified atom stereocenters. The summed E-state index contributed by atoms with van der Waals surface area (Å²) in [6, 6.07) is 8.86. The van der Waals surface area contributed by atoms with Gasteiger partial charge in [0.2, 0.25) is 0 Å². The molecule has 0 aromatic heterocycles. The molecule has 0 aliphatic rings. The van der Waals surface area contributed by atoms with Gasteiger partial charge in [0.05, 0.1) is 0 Å². The molecule has 0 heterocycles. The van der Waals surface area contributed by atoms with E-state index in [-0.39, 0.29) is 0 Å². The lowest BCUT2D eigenvalue weighted by atomic mass is 9.93. The molecule has 0 saturated carbocycles.